The van der Waals surface area contributed by atoms with Gasteiger partial charge in [0, 0.05) is 12.1 Å². The zero-order valence-corrected chi connectivity index (χ0v) is 11.6. The smallest absolute Gasteiger partial charge is 0.342 e. The molecule has 6 heteroatoms. The number of carbonyl (C=O) groups excluding carboxylic acids is 2. The Balaban J connectivity index is 1.82. The van der Waals surface area contributed by atoms with E-state index in [0.29, 0.717) is 5.56 Å². The minimum absolute atomic E-state index is 0.000353. The van der Waals surface area contributed by atoms with Gasteiger partial charge < -0.3 is 15.2 Å². The minimum atomic E-state index is -0.806. The van der Waals surface area contributed by atoms with Crippen LogP contribution in [0.15, 0.2) is 48.5 Å². The Morgan fingerprint density at radius 1 is 1.09 bits per heavy atom. The monoisotopic (exact) mass is 303 g/mol. The number of carbonyl (C=O) groups is 2. The third-order valence-corrected chi connectivity index (χ3v) is 2.89. The fraction of sp³-hybridized carbons (Fsp3) is 0.125. The van der Waals surface area contributed by atoms with Crippen molar-refractivity contribution in [3.8, 4) is 5.75 Å². The van der Waals surface area contributed by atoms with E-state index in [2.05, 4.69) is 5.32 Å². The second-order valence-corrected chi connectivity index (χ2v) is 4.46. The van der Waals surface area contributed by atoms with Crippen LogP contribution in [0, 0.1) is 5.82 Å². The molecule has 2 N–H and O–H groups in total. The van der Waals surface area contributed by atoms with Crippen LogP contribution in [0.1, 0.15) is 15.9 Å². The van der Waals surface area contributed by atoms with Gasteiger partial charge in [0.2, 0.25) is 0 Å². The molecular formula is C16H14FNO4. The lowest BCUT2D eigenvalue weighted by Gasteiger charge is -2.08. The number of halogens is 1. The Labute approximate surface area is 126 Å². The van der Waals surface area contributed by atoms with Crippen molar-refractivity contribution in [2.24, 2.45) is 0 Å². The molecule has 0 aliphatic heterocycles. The lowest BCUT2D eigenvalue weighted by atomic mass is 10.2. The van der Waals surface area contributed by atoms with Crippen molar-refractivity contribution in [1.29, 1.82) is 0 Å². The van der Waals surface area contributed by atoms with Crippen LogP contribution < -0.4 is 5.32 Å². The molecule has 0 saturated carbocycles. The molecule has 0 fully saturated rings. The molecule has 0 radical (unpaired) electrons. The van der Waals surface area contributed by atoms with Crippen molar-refractivity contribution in [3.05, 3.63) is 65.5 Å². The Morgan fingerprint density at radius 2 is 1.77 bits per heavy atom. The first-order chi connectivity index (χ1) is 10.6. The van der Waals surface area contributed by atoms with Crippen LogP contribution in [0.5, 0.6) is 5.75 Å². The first-order valence-electron chi connectivity index (χ1n) is 6.53. The number of ether oxygens (including phenoxy) is 1. The maximum Gasteiger partial charge on any atom is 0.342 e. The van der Waals surface area contributed by atoms with E-state index in [9.17, 15) is 19.1 Å². The standard InChI is InChI=1S/C16H14FNO4/c17-13-7-3-1-5-11(13)9-18-15(20)10-22-16(21)12-6-2-4-8-14(12)19/h1-8,19H,9-10H2,(H,18,20). The van der Waals surface area contributed by atoms with E-state index < -0.39 is 24.3 Å². The van der Waals surface area contributed by atoms with Gasteiger partial charge in [-0.15, -0.1) is 0 Å². The first kappa shape index (κ1) is 15.5. The first-order valence-corrected chi connectivity index (χ1v) is 6.53. The molecule has 2 rings (SSSR count). The van der Waals surface area contributed by atoms with E-state index in [0.717, 1.165) is 0 Å². The van der Waals surface area contributed by atoms with Crippen LogP contribution in [-0.2, 0) is 16.1 Å². The predicted molar refractivity (Wildman–Crippen MR) is 76.6 cm³/mol. The molecule has 0 heterocycles. The van der Waals surface area contributed by atoms with Crippen molar-refractivity contribution >= 4 is 11.9 Å². The number of amides is 1. The molecule has 0 bridgehead atoms. The zero-order valence-electron chi connectivity index (χ0n) is 11.6. The van der Waals surface area contributed by atoms with Crippen LogP contribution in [0.2, 0.25) is 0 Å². The molecule has 1 amide bonds. The topological polar surface area (TPSA) is 75.6 Å². The highest BCUT2D eigenvalue weighted by Crippen LogP contribution is 2.16. The predicted octanol–water partition coefficient (Wildman–Crippen LogP) is 2.00. The van der Waals surface area contributed by atoms with E-state index in [1.807, 2.05) is 0 Å². The fourth-order valence-corrected chi connectivity index (χ4v) is 1.74. The number of para-hydroxylation sites is 1. The van der Waals surface area contributed by atoms with Gasteiger partial charge in [-0.1, -0.05) is 30.3 Å². The highest BCUT2D eigenvalue weighted by atomic mass is 19.1. The molecule has 2 aromatic rings. The summed E-state index contributed by atoms with van der Waals surface area (Å²) in [6, 6.07) is 11.9. The number of hydrogen-bond donors (Lipinski definition) is 2. The summed E-state index contributed by atoms with van der Waals surface area (Å²) in [4.78, 5) is 23.3. The third-order valence-electron chi connectivity index (χ3n) is 2.89. The van der Waals surface area contributed by atoms with E-state index >= 15 is 0 Å². The minimum Gasteiger partial charge on any atom is -0.507 e. The molecule has 0 aromatic heterocycles. The molecule has 0 aliphatic carbocycles. The highest BCUT2D eigenvalue weighted by Gasteiger charge is 2.13. The average molecular weight is 303 g/mol. The molecule has 2 aromatic carbocycles. The molecule has 0 aliphatic rings. The number of phenols is 1. The average Bonchev–Trinajstić information content (AvgIpc) is 2.52. The van der Waals surface area contributed by atoms with Gasteiger partial charge in [0.15, 0.2) is 6.61 Å². The van der Waals surface area contributed by atoms with Gasteiger partial charge in [-0.25, -0.2) is 9.18 Å². The zero-order chi connectivity index (χ0) is 15.9. The summed E-state index contributed by atoms with van der Waals surface area (Å²) in [5.41, 5.74) is 0.312. The van der Waals surface area contributed by atoms with Crippen LogP contribution in [0.25, 0.3) is 0 Å². The molecule has 0 saturated heterocycles. The number of aromatic hydroxyl groups is 1. The van der Waals surface area contributed by atoms with E-state index in [4.69, 9.17) is 4.74 Å². The second-order valence-electron chi connectivity index (χ2n) is 4.46. The van der Waals surface area contributed by atoms with Crippen molar-refractivity contribution in [1.82, 2.24) is 5.32 Å². The van der Waals surface area contributed by atoms with Crippen LogP contribution in [0.3, 0.4) is 0 Å². The lowest BCUT2D eigenvalue weighted by Crippen LogP contribution is -2.28. The van der Waals surface area contributed by atoms with Crippen molar-refractivity contribution in [2.45, 2.75) is 6.54 Å². The number of hydrogen-bond acceptors (Lipinski definition) is 4. The molecule has 114 valence electrons. The summed E-state index contributed by atoms with van der Waals surface area (Å²) < 4.78 is 18.1. The van der Waals surface area contributed by atoms with Crippen LogP contribution in [0.4, 0.5) is 4.39 Å². The Morgan fingerprint density at radius 3 is 2.50 bits per heavy atom. The summed E-state index contributed by atoms with van der Waals surface area (Å²) in [6.45, 7) is -0.513. The summed E-state index contributed by atoms with van der Waals surface area (Å²) in [5.74, 6) is -2.01. The summed E-state index contributed by atoms with van der Waals surface area (Å²) >= 11 is 0. The van der Waals surface area contributed by atoms with Gasteiger partial charge in [-0.05, 0) is 18.2 Å². The van der Waals surface area contributed by atoms with Gasteiger partial charge in [0.05, 0.1) is 0 Å². The van der Waals surface area contributed by atoms with Gasteiger partial charge >= 0.3 is 5.97 Å². The SMILES string of the molecule is O=C(COC(=O)c1ccccc1O)NCc1ccccc1F. The number of rotatable bonds is 5. The largest absolute Gasteiger partial charge is 0.507 e. The Kier molecular flexibility index (Phi) is 5.08. The van der Waals surface area contributed by atoms with Gasteiger partial charge in [-0.2, -0.15) is 0 Å². The third kappa shape index (κ3) is 4.05. The highest BCUT2D eigenvalue weighted by molar-refractivity contribution is 5.93. The summed E-state index contributed by atoms with van der Waals surface area (Å²) in [6.07, 6.45) is 0. The summed E-state index contributed by atoms with van der Waals surface area (Å²) in [7, 11) is 0. The van der Waals surface area contributed by atoms with Crippen molar-refractivity contribution in [2.75, 3.05) is 6.61 Å². The normalized spacial score (nSPS) is 10.0. The van der Waals surface area contributed by atoms with Crippen molar-refractivity contribution in [3.63, 3.8) is 0 Å². The summed E-state index contributed by atoms with van der Waals surface area (Å²) in [5, 5.41) is 11.9. The van der Waals surface area contributed by atoms with Crippen molar-refractivity contribution < 1.29 is 23.8 Å². The van der Waals surface area contributed by atoms with E-state index in [1.165, 1.54) is 18.2 Å². The van der Waals surface area contributed by atoms with E-state index in [-0.39, 0.29) is 17.9 Å². The lowest BCUT2D eigenvalue weighted by molar-refractivity contribution is -0.124. The maximum absolute atomic E-state index is 13.4. The van der Waals surface area contributed by atoms with Crippen LogP contribution >= 0.6 is 0 Å². The van der Waals surface area contributed by atoms with E-state index in [1.54, 1.807) is 30.3 Å². The molecule has 0 spiro atoms. The molecule has 5 nitrogen and oxygen atoms in total. The van der Waals surface area contributed by atoms with Gasteiger partial charge in [0.25, 0.3) is 5.91 Å². The maximum atomic E-state index is 13.4. The van der Waals surface area contributed by atoms with Gasteiger partial charge in [0.1, 0.15) is 17.1 Å². The molecular weight excluding hydrogens is 289 g/mol. The quantitative estimate of drug-likeness (QED) is 0.828. The number of nitrogens with one attached hydrogen (secondary N) is 1. The molecule has 0 atom stereocenters. The number of esters is 1. The number of benzene rings is 2. The Bertz CT molecular complexity index is 687. The number of phenolic OH excluding ortho intramolecular Hbond substituents is 1. The second kappa shape index (κ2) is 7.21. The fourth-order valence-electron chi connectivity index (χ4n) is 1.74. The van der Waals surface area contributed by atoms with Crippen LogP contribution in [-0.4, -0.2) is 23.6 Å². The molecule has 22 heavy (non-hydrogen) atoms. The molecule has 0 unspecified atom stereocenters. The Hall–Kier alpha value is -2.89. The van der Waals surface area contributed by atoms with Gasteiger partial charge in [-0.3, -0.25) is 4.79 Å².